The second-order valence-corrected chi connectivity index (χ2v) is 8.21. The Balaban J connectivity index is 2.19. The van der Waals surface area contributed by atoms with Gasteiger partial charge in [0, 0.05) is 10.9 Å². The second kappa shape index (κ2) is 9.30. The molecule has 0 aliphatic heterocycles. The molecule has 6 nitrogen and oxygen atoms in total. The summed E-state index contributed by atoms with van der Waals surface area (Å²) in [5, 5.41) is 8.12. The largest absolute Gasteiger partial charge is 0.349 e. The van der Waals surface area contributed by atoms with Crippen molar-refractivity contribution in [1.82, 2.24) is 14.9 Å². The first-order valence-corrected chi connectivity index (χ1v) is 10.5. The number of benzene rings is 2. The van der Waals surface area contributed by atoms with Gasteiger partial charge in [-0.15, -0.1) is 5.10 Å². The van der Waals surface area contributed by atoms with Crippen LogP contribution in [0.25, 0.3) is 0 Å². The van der Waals surface area contributed by atoms with Crippen LogP contribution in [0.1, 0.15) is 49.3 Å². The number of carbonyl (C=O) groups excluding carboxylic acids is 2. The fourth-order valence-electron chi connectivity index (χ4n) is 2.95. The van der Waals surface area contributed by atoms with Crippen LogP contribution in [-0.2, 0) is 4.79 Å². The van der Waals surface area contributed by atoms with Gasteiger partial charge in [0.05, 0.1) is 5.69 Å². The quantitative estimate of drug-likeness (QED) is 0.582. The van der Waals surface area contributed by atoms with Gasteiger partial charge in [-0.05, 0) is 61.6 Å². The van der Waals surface area contributed by atoms with Gasteiger partial charge in [0.25, 0.3) is 5.91 Å². The minimum atomic E-state index is -1.27. The van der Waals surface area contributed by atoms with Crippen LogP contribution in [0.2, 0.25) is 0 Å². The molecule has 0 spiro atoms. The third-order valence-electron chi connectivity index (χ3n) is 4.95. The molecule has 0 aliphatic rings. The van der Waals surface area contributed by atoms with Crippen molar-refractivity contribution in [3.8, 4) is 0 Å². The molecule has 0 radical (unpaired) electrons. The van der Waals surface area contributed by atoms with Gasteiger partial charge < -0.3 is 5.32 Å². The molecule has 0 unspecified atom stereocenters. The lowest BCUT2D eigenvalue weighted by Gasteiger charge is -2.34. The molecule has 31 heavy (non-hydrogen) atoms. The van der Waals surface area contributed by atoms with E-state index in [0.717, 1.165) is 16.4 Å². The van der Waals surface area contributed by atoms with Crippen LogP contribution in [0.5, 0.6) is 0 Å². The maximum absolute atomic E-state index is 14.8. The molecule has 0 bridgehead atoms. The lowest BCUT2D eigenvalue weighted by Crippen LogP contribution is -2.50. The van der Waals surface area contributed by atoms with Crippen LogP contribution in [-0.4, -0.2) is 26.9 Å². The zero-order chi connectivity index (χ0) is 22.6. The summed E-state index contributed by atoms with van der Waals surface area (Å²) >= 11 is 0.964. The highest BCUT2D eigenvalue weighted by molar-refractivity contribution is 7.03. The van der Waals surface area contributed by atoms with Crippen molar-refractivity contribution in [3.63, 3.8) is 0 Å². The summed E-state index contributed by atoms with van der Waals surface area (Å²) < 4.78 is 32.1. The third kappa shape index (κ3) is 5.11. The highest BCUT2D eigenvalue weighted by Crippen LogP contribution is 2.32. The molecule has 3 rings (SSSR count). The van der Waals surface area contributed by atoms with E-state index in [1.807, 2.05) is 20.8 Å². The summed E-state index contributed by atoms with van der Waals surface area (Å²) in [6, 6.07) is 9.57. The first-order chi connectivity index (χ1) is 14.7. The SMILES string of the molecule is CCC(C)(C)NC(=O)[C@@H](c1ccc(F)cc1)N(C(=O)c1csnn1)c1ccccc1F. The number of amides is 2. The Kier molecular flexibility index (Phi) is 6.74. The van der Waals surface area contributed by atoms with Crippen LogP contribution in [0.3, 0.4) is 0 Å². The van der Waals surface area contributed by atoms with Crippen molar-refractivity contribution in [1.29, 1.82) is 0 Å². The molecule has 1 N–H and O–H groups in total. The maximum atomic E-state index is 14.8. The molecule has 2 aromatic carbocycles. The fraction of sp³-hybridized carbons (Fsp3) is 0.273. The number of carbonyl (C=O) groups is 2. The lowest BCUT2D eigenvalue weighted by atomic mass is 9.98. The third-order valence-corrected chi connectivity index (χ3v) is 5.45. The monoisotopic (exact) mass is 444 g/mol. The van der Waals surface area contributed by atoms with Crippen molar-refractivity contribution in [2.24, 2.45) is 0 Å². The Hall–Kier alpha value is -3.20. The molecular weight excluding hydrogens is 422 g/mol. The first kappa shape index (κ1) is 22.5. The minimum absolute atomic E-state index is 0.0251. The van der Waals surface area contributed by atoms with Gasteiger partial charge in [-0.3, -0.25) is 14.5 Å². The molecule has 162 valence electrons. The number of nitrogens with zero attached hydrogens (tertiary/aromatic N) is 3. The topological polar surface area (TPSA) is 75.2 Å². The average molecular weight is 445 g/mol. The number of halogens is 2. The van der Waals surface area contributed by atoms with Gasteiger partial charge in [-0.25, -0.2) is 8.78 Å². The van der Waals surface area contributed by atoms with Gasteiger partial charge in [-0.1, -0.05) is 35.7 Å². The van der Waals surface area contributed by atoms with Crippen molar-refractivity contribution < 1.29 is 18.4 Å². The van der Waals surface area contributed by atoms with E-state index < -0.39 is 35.0 Å². The second-order valence-electron chi connectivity index (χ2n) is 7.60. The van der Waals surface area contributed by atoms with Crippen LogP contribution in [0.4, 0.5) is 14.5 Å². The van der Waals surface area contributed by atoms with Gasteiger partial charge in [0.1, 0.15) is 17.7 Å². The smallest absolute Gasteiger partial charge is 0.280 e. The summed E-state index contributed by atoms with van der Waals surface area (Å²) in [7, 11) is 0. The summed E-state index contributed by atoms with van der Waals surface area (Å²) in [6.07, 6.45) is 0.624. The summed E-state index contributed by atoms with van der Waals surface area (Å²) in [5.74, 6) is -2.41. The molecule has 1 heterocycles. The van der Waals surface area contributed by atoms with Crippen molar-refractivity contribution in [3.05, 3.63) is 76.8 Å². The molecule has 3 aromatic rings. The first-order valence-electron chi connectivity index (χ1n) is 9.66. The molecule has 2 amide bonds. The number of nitrogens with one attached hydrogen (secondary N) is 1. The number of hydrogen-bond acceptors (Lipinski definition) is 5. The van der Waals surface area contributed by atoms with Crippen molar-refractivity contribution >= 4 is 29.0 Å². The van der Waals surface area contributed by atoms with Crippen molar-refractivity contribution in [2.75, 3.05) is 4.90 Å². The Morgan fingerprint density at radius 2 is 1.81 bits per heavy atom. The minimum Gasteiger partial charge on any atom is -0.349 e. The summed E-state index contributed by atoms with van der Waals surface area (Å²) in [6.45, 7) is 5.59. The number of rotatable bonds is 7. The zero-order valence-electron chi connectivity index (χ0n) is 17.3. The number of aromatic nitrogens is 2. The predicted molar refractivity (Wildman–Crippen MR) is 115 cm³/mol. The van der Waals surface area contributed by atoms with E-state index >= 15 is 0 Å². The number of hydrogen-bond donors (Lipinski definition) is 1. The molecule has 0 fully saturated rings. The maximum Gasteiger partial charge on any atom is 0.280 e. The summed E-state index contributed by atoms with van der Waals surface area (Å²) in [4.78, 5) is 27.9. The molecule has 0 saturated carbocycles. The van der Waals surface area contributed by atoms with E-state index in [9.17, 15) is 18.4 Å². The number of anilines is 1. The molecule has 1 atom stereocenters. The molecular formula is C22H22F2N4O2S. The van der Waals surface area contributed by atoms with E-state index in [1.54, 1.807) is 6.07 Å². The van der Waals surface area contributed by atoms with E-state index in [2.05, 4.69) is 14.9 Å². The molecule has 0 aliphatic carbocycles. The zero-order valence-corrected chi connectivity index (χ0v) is 18.1. The highest BCUT2D eigenvalue weighted by atomic mass is 32.1. The van der Waals surface area contributed by atoms with E-state index in [4.69, 9.17) is 0 Å². The molecule has 0 saturated heterocycles. The van der Waals surface area contributed by atoms with Crippen LogP contribution < -0.4 is 10.2 Å². The Bertz CT molecular complexity index is 1060. The Labute approximate surface area is 183 Å². The predicted octanol–water partition coefficient (Wildman–Crippen LogP) is 4.51. The van der Waals surface area contributed by atoms with E-state index in [-0.39, 0.29) is 11.4 Å². The lowest BCUT2D eigenvalue weighted by molar-refractivity contribution is -0.124. The van der Waals surface area contributed by atoms with Crippen molar-refractivity contribution in [2.45, 2.75) is 38.8 Å². The van der Waals surface area contributed by atoms with E-state index in [0.29, 0.717) is 12.0 Å². The van der Waals surface area contributed by atoms with Gasteiger partial charge in [-0.2, -0.15) is 0 Å². The van der Waals surface area contributed by atoms with E-state index in [1.165, 1.54) is 47.8 Å². The van der Waals surface area contributed by atoms with Crippen LogP contribution in [0, 0.1) is 11.6 Å². The van der Waals surface area contributed by atoms with Gasteiger partial charge in [0.15, 0.2) is 5.69 Å². The number of para-hydroxylation sites is 1. The average Bonchev–Trinajstić information content (AvgIpc) is 3.28. The van der Waals surface area contributed by atoms with Gasteiger partial charge in [0.2, 0.25) is 5.91 Å². The Morgan fingerprint density at radius 3 is 2.39 bits per heavy atom. The fourth-order valence-corrected chi connectivity index (χ4v) is 3.38. The summed E-state index contributed by atoms with van der Waals surface area (Å²) in [5.41, 5.74) is -0.380. The van der Waals surface area contributed by atoms with Crippen LogP contribution in [0.15, 0.2) is 53.9 Å². The standard InChI is InChI=1S/C22H22F2N4O2S/c1-4-22(2,3)25-20(29)19(14-9-11-15(23)12-10-14)28(18-8-6-5-7-16(18)24)21(30)17-13-31-27-26-17/h5-13,19H,4H2,1-3H3,(H,25,29)/t19-/m1/s1. The molecule has 1 aromatic heterocycles. The highest BCUT2D eigenvalue weighted by Gasteiger charge is 2.37. The normalized spacial score (nSPS) is 12.3. The van der Waals surface area contributed by atoms with Gasteiger partial charge >= 0.3 is 0 Å². The Morgan fingerprint density at radius 1 is 1.13 bits per heavy atom. The van der Waals surface area contributed by atoms with Crippen LogP contribution >= 0.6 is 11.5 Å². The molecule has 9 heteroatoms.